The fourth-order valence-corrected chi connectivity index (χ4v) is 3.04. The van der Waals surface area contributed by atoms with Crippen molar-refractivity contribution in [3.63, 3.8) is 0 Å². The highest BCUT2D eigenvalue weighted by molar-refractivity contribution is 5.94. The molecule has 0 atom stereocenters. The van der Waals surface area contributed by atoms with Crippen LogP contribution in [-0.4, -0.2) is 25.5 Å². The second kappa shape index (κ2) is 10.8. The molecule has 6 nitrogen and oxygen atoms in total. The molecule has 160 valence electrons. The van der Waals surface area contributed by atoms with Gasteiger partial charge in [0.25, 0.3) is 5.91 Å². The zero-order chi connectivity index (χ0) is 22.1. The third kappa shape index (κ3) is 6.89. The molecule has 0 spiro atoms. The number of hydrogen-bond donors (Lipinski definition) is 2. The molecule has 0 unspecified atom stereocenters. The highest BCUT2D eigenvalue weighted by atomic mass is 16.5. The number of anilines is 2. The van der Waals surface area contributed by atoms with Crippen LogP contribution in [0.5, 0.6) is 11.5 Å². The number of hydrogen-bond acceptors (Lipinski definition) is 4. The van der Waals surface area contributed by atoms with Crippen LogP contribution in [0.15, 0.2) is 72.8 Å². The second-order valence-corrected chi connectivity index (χ2v) is 7.11. The van der Waals surface area contributed by atoms with Crippen LogP contribution in [-0.2, 0) is 16.0 Å². The van der Waals surface area contributed by atoms with Crippen molar-refractivity contribution in [2.75, 3.05) is 24.4 Å². The van der Waals surface area contributed by atoms with Crippen LogP contribution in [0.4, 0.5) is 11.4 Å². The van der Waals surface area contributed by atoms with Gasteiger partial charge in [-0.15, -0.1) is 0 Å². The van der Waals surface area contributed by atoms with Crippen molar-refractivity contribution in [2.45, 2.75) is 19.8 Å². The fraction of sp³-hybridized carbons (Fsp3) is 0.200. The number of rotatable bonds is 9. The van der Waals surface area contributed by atoms with E-state index in [4.69, 9.17) is 9.47 Å². The molecule has 0 fully saturated rings. The number of aryl methyl sites for hydroxylation is 2. The van der Waals surface area contributed by atoms with E-state index < -0.39 is 0 Å². The van der Waals surface area contributed by atoms with Gasteiger partial charge in [-0.2, -0.15) is 0 Å². The van der Waals surface area contributed by atoms with Gasteiger partial charge in [0, 0.05) is 17.8 Å². The lowest BCUT2D eigenvalue weighted by atomic mass is 10.1. The highest BCUT2D eigenvalue weighted by Crippen LogP contribution is 2.27. The molecule has 0 aliphatic heterocycles. The monoisotopic (exact) mass is 418 g/mol. The summed E-state index contributed by atoms with van der Waals surface area (Å²) in [5, 5.41) is 5.64. The van der Waals surface area contributed by atoms with E-state index in [0.717, 1.165) is 11.1 Å². The number of benzene rings is 3. The Morgan fingerprint density at radius 1 is 0.806 bits per heavy atom. The van der Waals surface area contributed by atoms with E-state index in [1.54, 1.807) is 37.4 Å². The highest BCUT2D eigenvalue weighted by Gasteiger charge is 2.09. The molecule has 0 bridgehead atoms. The molecular weight excluding hydrogens is 392 g/mol. The lowest BCUT2D eigenvalue weighted by Gasteiger charge is -2.12. The molecule has 3 aromatic carbocycles. The molecule has 2 amide bonds. The molecule has 0 aromatic heterocycles. The Balaban J connectivity index is 1.50. The summed E-state index contributed by atoms with van der Waals surface area (Å²) in [6, 6.07) is 22.4. The first kappa shape index (κ1) is 21.9. The molecule has 0 saturated carbocycles. The van der Waals surface area contributed by atoms with Crippen molar-refractivity contribution in [3.05, 3.63) is 83.9 Å². The Kier molecular flexibility index (Phi) is 7.65. The van der Waals surface area contributed by atoms with Gasteiger partial charge in [0.2, 0.25) is 5.91 Å². The minimum absolute atomic E-state index is 0.0814. The summed E-state index contributed by atoms with van der Waals surface area (Å²) in [5.41, 5.74) is 3.35. The maximum absolute atomic E-state index is 12.3. The van der Waals surface area contributed by atoms with Gasteiger partial charge >= 0.3 is 0 Å². The summed E-state index contributed by atoms with van der Waals surface area (Å²) in [6.07, 6.45) is 1.05. The average Bonchev–Trinajstić information content (AvgIpc) is 2.77. The molecule has 0 radical (unpaired) electrons. The Hall–Kier alpha value is -3.80. The third-order valence-corrected chi connectivity index (χ3v) is 4.59. The molecule has 0 aliphatic rings. The largest absolute Gasteiger partial charge is 0.493 e. The Morgan fingerprint density at radius 3 is 2.23 bits per heavy atom. The van der Waals surface area contributed by atoms with Crippen LogP contribution in [0.25, 0.3) is 0 Å². The van der Waals surface area contributed by atoms with Gasteiger partial charge in [-0.25, -0.2) is 0 Å². The number of amides is 2. The van der Waals surface area contributed by atoms with E-state index >= 15 is 0 Å². The summed E-state index contributed by atoms with van der Waals surface area (Å²) >= 11 is 0. The predicted molar refractivity (Wildman–Crippen MR) is 122 cm³/mol. The van der Waals surface area contributed by atoms with Crippen molar-refractivity contribution < 1.29 is 19.1 Å². The maximum Gasteiger partial charge on any atom is 0.262 e. The van der Waals surface area contributed by atoms with E-state index in [1.165, 1.54) is 0 Å². The standard InChI is InChI=1S/C25H26N2O4/c1-18-11-13-22(23(15-18)30-2)31-17-25(29)27-21-10-6-9-20(16-21)26-24(28)14-12-19-7-4-3-5-8-19/h3-11,13,15-16H,12,14,17H2,1-2H3,(H,26,28)(H,27,29). The summed E-state index contributed by atoms with van der Waals surface area (Å²) < 4.78 is 10.9. The van der Waals surface area contributed by atoms with Crippen molar-refractivity contribution in [2.24, 2.45) is 0 Å². The Bertz CT molecular complexity index is 1030. The molecule has 6 heteroatoms. The molecule has 0 saturated heterocycles. The van der Waals surface area contributed by atoms with Crippen molar-refractivity contribution in [1.82, 2.24) is 0 Å². The maximum atomic E-state index is 12.3. The van der Waals surface area contributed by atoms with Crippen molar-refractivity contribution >= 4 is 23.2 Å². The van der Waals surface area contributed by atoms with E-state index in [9.17, 15) is 9.59 Å². The van der Waals surface area contributed by atoms with E-state index in [1.807, 2.05) is 49.4 Å². The van der Waals surface area contributed by atoms with Gasteiger partial charge < -0.3 is 20.1 Å². The van der Waals surface area contributed by atoms with Gasteiger partial charge in [0.05, 0.1) is 7.11 Å². The molecule has 3 rings (SSSR count). The minimum Gasteiger partial charge on any atom is -0.493 e. The van der Waals surface area contributed by atoms with Crippen molar-refractivity contribution in [3.8, 4) is 11.5 Å². The van der Waals surface area contributed by atoms with Crippen LogP contribution in [0, 0.1) is 6.92 Å². The molecule has 31 heavy (non-hydrogen) atoms. The lowest BCUT2D eigenvalue weighted by Crippen LogP contribution is -2.20. The molecule has 0 aliphatic carbocycles. The van der Waals surface area contributed by atoms with Crippen LogP contribution in [0.1, 0.15) is 17.5 Å². The summed E-state index contributed by atoms with van der Waals surface area (Å²) in [6.45, 7) is 1.79. The Morgan fingerprint density at radius 2 is 1.52 bits per heavy atom. The molecule has 3 aromatic rings. The van der Waals surface area contributed by atoms with Crippen LogP contribution in [0.2, 0.25) is 0 Å². The van der Waals surface area contributed by atoms with Gasteiger partial charge in [-0.05, 0) is 54.8 Å². The van der Waals surface area contributed by atoms with Gasteiger partial charge in [-0.1, -0.05) is 42.5 Å². The van der Waals surface area contributed by atoms with Crippen molar-refractivity contribution in [1.29, 1.82) is 0 Å². The fourth-order valence-electron chi connectivity index (χ4n) is 3.04. The summed E-state index contributed by atoms with van der Waals surface area (Å²) in [5.74, 6) is 0.688. The second-order valence-electron chi connectivity index (χ2n) is 7.11. The van der Waals surface area contributed by atoms with Crippen LogP contribution >= 0.6 is 0 Å². The summed E-state index contributed by atoms with van der Waals surface area (Å²) in [4.78, 5) is 24.5. The average molecular weight is 418 g/mol. The normalized spacial score (nSPS) is 10.3. The number of carbonyl (C=O) groups is 2. The first-order valence-corrected chi connectivity index (χ1v) is 10.0. The Labute approximate surface area is 182 Å². The predicted octanol–water partition coefficient (Wildman–Crippen LogP) is 4.59. The first-order valence-electron chi connectivity index (χ1n) is 10.0. The van der Waals surface area contributed by atoms with Gasteiger partial charge in [-0.3, -0.25) is 9.59 Å². The van der Waals surface area contributed by atoms with E-state index in [2.05, 4.69) is 10.6 Å². The molecule has 0 heterocycles. The van der Waals surface area contributed by atoms with Gasteiger partial charge in [0.15, 0.2) is 18.1 Å². The number of ether oxygens (including phenoxy) is 2. The number of carbonyl (C=O) groups excluding carboxylic acids is 2. The minimum atomic E-state index is -0.310. The van der Waals surface area contributed by atoms with Crippen LogP contribution in [0.3, 0.4) is 0 Å². The topological polar surface area (TPSA) is 76.7 Å². The quantitative estimate of drug-likeness (QED) is 0.533. The lowest BCUT2D eigenvalue weighted by molar-refractivity contribution is -0.118. The van der Waals surface area contributed by atoms with E-state index in [0.29, 0.717) is 35.7 Å². The molecule has 2 N–H and O–H groups in total. The number of methoxy groups -OCH3 is 1. The van der Waals surface area contributed by atoms with Crippen LogP contribution < -0.4 is 20.1 Å². The summed E-state index contributed by atoms with van der Waals surface area (Å²) in [7, 11) is 1.56. The zero-order valence-electron chi connectivity index (χ0n) is 17.7. The van der Waals surface area contributed by atoms with Gasteiger partial charge in [0.1, 0.15) is 0 Å². The molecular formula is C25H26N2O4. The third-order valence-electron chi connectivity index (χ3n) is 4.59. The zero-order valence-corrected chi connectivity index (χ0v) is 17.7. The first-order chi connectivity index (χ1) is 15.0. The SMILES string of the molecule is COc1cc(C)ccc1OCC(=O)Nc1cccc(NC(=O)CCc2ccccc2)c1. The van der Waals surface area contributed by atoms with E-state index in [-0.39, 0.29) is 18.4 Å². The number of nitrogens with one attached hydrogen (secondary N) is 2. The smallest absolute Gasteiger partial charge is 0.262 e.